The summed E-state index contributed by atoms with van der Waals surface area (Å²) in [5.41, 5.74) is 7.42. The largest absolute Gasteiger partial charge is 0.481 e. The number of para-hydroxylation sites is 1. The lowest BCUT2D eigenvalue weighted by Crippen LogP contribution is -2.57. The normalized spacial score (nSPS) is 14.1. The highest BCUT2D eigenvalue weighted by Gasteiger charge is 2.31. The van der Waals surface area contributed by atoms with E-state index in [0.29, 0.717) is 23.5 Å². The molecule has 0 saturated heterocycles. The van der Waals surface area contributed by atoms with Gasteiger partial charge in [0.25, 0.3) is 0 Å². The molecule has 220 valence electrons. The Balaban J connectivity index is 2.17. The molecule has 8 N–H and O–H groups in total. The summed E-state index contributed by atoms with van der Waals surface area (Å²) in [4.78, 5) is 65.3. The Hall–Kier alpha value is -3.23. The lowest BCUT2D eigenvalue weighted by Gasteiger charge is -2.25. The van der Waals surface area contributed by atoms with Crippen LogP contribution >= 0.6 is 23.5 Å². The summed E-state index contributed by atoms with van der Waals surface area (Å²) in [6.45, 7) is 0. The summed E-state index contributed by atoms with van der Waals surface area (Å²) in [6, 6.07) is 2.81. The van der Waals surface area contributed by atoms with Crippen LogP contribution in [0.15, 0.2) is 30.5 Å². The molecule has 4 unspecified atom stereocenters. The summed E-state index contributed by atoms with van der Waals surface area (Å²) in [7, 11) is 0. The highest BCUT2D eigenvalue weighted by molar-refractivity contribution is 7.98. The molecule has 40 heavy (non-hydrogen) atoms. The van der Waals surface area contributed by atoms with Gasteiger partial charge in [-0.05, 0) is 54.9 Å². The number of carbonyl (C=O) groups excluding carboxylic acids is 3. The summed E-state index contributed by atoms with van der Waals surface area (Å²) in [6.07, 6.45) is 5.30. The fourth-order valence-electron chi connectivity index (χ4n) is 3.96. The topological polar surface area (TPSA) is 204 Å². The number of benzene rings is 1. The van der Waals surface area contributed by atoms with Gasteiger partial charge in [-0.1, -0.05) is 18.2 Å². The Morgan fingerprint density at radius 1 is 0.850 bits per heavy atom. The standard InChI is InChI=1S/C26H37N5O7S2/c1-39-11-9-17(27)23(34)29-20(10-12-40-2)25(36)30-19(7-8-22(32)33)24(35)31-21(26(37)38)13-15-14-28-18-6-4-3-5-16(15)18/h3-6,14,17,19-21,28H,7-13,27H2,1-2H3,(H,29,34)(H,30,36)(H,31,35)(H,32,33)(H,37,38). The number of hydrogen-bond donors (Lipinski definition) is 7. The Labute approximate surface area is 241 Å². The maximum atomic E-state index is 13.2. The van der Waals surface area contributed by atoms with E-state index in [9.17, 15) is 34.2 Å². The van der Waals surface area contributed by atoms with Gasteiger partial charge in [-0.25, -0.2) is 4.79 Å². The Morgan fingerprint density at radius 2 is 1.43 bits per heavy atom. The van der Waals surface area contributed by atoms with E-state index in [0.717, 1.165) is 10.9 Å². The van der Waals surface area contributed by atoms with Gasteiger partial charge in [0, 0.05) is 29.9 Å². The quantitative estimate of drug-likeness (QED) is 0.130. The maximum Gasteiger partial charge on any atom is 0.326 e. The Kier molecular flexibility index (Phi) is 13.8. The third-order valence-corrected chi connectivity index (χ3v) is 7.49. The Morgan fingerprint density at radius 3 is 2.05 bits per heavy atom. The van der Waals surface area contributed by atoms with Crippen LogP contribution in [0.4, 0.5) is 0 Å². The van der Waals surface area contributed by atoms with E-state index in [4.69, 9.17) is 5.73 Å². The zero-order valence-corrected chi connectivity index (χ0v) is 24.1. The maximum absolute atomic E-state index is 13.2. The molecule has 0 bridgehead atoms. The molecule has 1 aromatic carbocycles. The first kappa shape index (κ1) is 33.0. The van der Waals surface area contributed by atoms with Gasteiger partial charge in [0.15, 0.2) is 0 Å². The van der Waals surface area contributed by atoms with E-state index >= 15 is 0 Å². The number of fused-ring (bicyclic) bond motifs is 1. The number of aromatic nitrogens is 1. The fraction of sp³-hybridized carbons (Fsp3) is 0.500. The molecule has 1 heterocycles. The minimum Gasteiger partial charge on any atom is -0.481 e. The molecule has 2 aromatic rings. The number of rotatable bonds is 18. The van der Waals surface area contributed by atoms with E-state index < -0.39 is 60.2 Å². The second-order valence-corrected chi connectivity index (χ2v) is 11.2. The van der Waals surface area contributed by atoms with Gasteiger partial charge in [-0.2, -0.15) is 23.5 Å². The monoisotopic (exact) mass is 595 g/mol. The lowest BCUT2D eigenvalue weighted by atomic mass is 10.0. The zero-order chi connectivity index (χ0) is 29.7. The van der Waals surface area contributed by atoms with Crippen molar-refractivity contribution in [3.8, 4) is 0 Å². The van der Waals surface area contributed by atoms with Gasteiger partial charge in [0.2, 0.25) is 17.7 Å². The molecule has 0 radical (unpaired) electrons. The van der Waals surface area contributed by atoms with Crippen LogP contribution in [-0.4, -0.2) is 93.0 Å². The average Bonchev–Trinajstić information content (AvgIpc) is 3.33. The van der Waals surface area contributed by atoms with Crippen molar-refractivity contribution in [2.24, 2.45) is 5.73 Å². The van der Waals surface area contributed by atoms with Crippen LogP contribution in [-0.2, 0) is 30.4 Å². The van der Waals surface area contributed by atoms with Crippen molar-refractivity contribution in [1.29, 1.82) is 0 Å². The number of carboxylic acids is 2. The number of nitrogens with one attached hydrogen (secondary N) is 4. The number of aromatic amines is 1. The number of carbonyl (C=O) groups is 5. The second kappa shape index (κ2) is 16.8. The second-order valence-electron chi connectivity index (χ2n) is 9.19. The molecule has 14 heteroatoms. The highest BCUT2D eigenvalue weighted by atomic mass is 32.2. The molecule has 0 aliphatic carbocycles. The van der Waals surface area contributed by atoms with Crippen molar-refractivity contribution in [2.75, 3.05) is 24.0 Å². The molecule has 1 aromatic heterocycles. The van der Waals surface area contributed by atoms with Crippen LogP contribution in [0.2, 0.25) is 0 Å². The molecular formula is C26H37N5O7S2. The summed E-state index contributed by atoms with van der Waals surface area (Å²) < 4.78 is 0. The van der Waals surface area contributed by atoms with Crippen molar-refractivity contribution in [3.63, 3.8) is 0 Å². The predicted molar refractivity (Wildman–Crippen MR) is 156 cm³/mol. The summed E-state index contributed by atoms with van der Waals surface area (Å²) in [5, 5.41) is 27.4. The van der Waals surface area contributed by atoms with Crippen molar-refractivity contribution in [2.45, 2.75) is 56.3 Å². The smallest absolute Gasteiger partial charge is 0.326 e. The van der Waals surface area contributed by atoms with Crippen LogP contribution in [0.5, 0.6) is 0 Å². The minimum atomic E-state index is -1.34. The Bertz CT molecular complexity index is 1180. The van der Waals surface area contributed by atoms with Crippen molar-refractivity contribution in [3.05, 3.63) is 36.0 Å². The van der Waals surface area contributed by atoms with Gasteiger partial charge in [0.05, 0.1) is 6.04 Å². The van der Waals surface area contributed by atoms with E-state index in [2.05, 4.69) is 20.9 Å². The van der Waals surface area contributed by atoms with Crippen molar-refractivity contribution in [1.82, 2.24) is 20.9 Å². The molecule has 0 fully saturated rings. The molecular weight excluding hydrogens is 558 g/mol. The van der Waals surface area contributed by atoms with Crippen LogP contribution in [0.25, 0.3) is 10.9 Å². The third-order valence-electron chi connectivity index (χ3n) is 6.21. The minimum absolute atomic E-state index is 0.0367. The van der Waals surface area contributed by atoms with E-state index in [1.807, 2.05) is 36.8 Å². The number of thioether (sulfide) groups is 2. The van der Waals surface area contributed by atoms with Crippen molar-refractivity contribution < 1.29 is 34.2 Å². The molecule has 0 spiro atoms. The van der Waals surface area contributed by atoms with Gasteiger partial charge in [-0.15, -0.1) is 0 Å². The zero-order valence-electron chi connectivity index (χ0n) is 22.5. The van der Waals surface area contributed by atoms with Gasteiger partial charge in [-0.3, -0.25) is 19.2 Å². The molecule has 3 amide bonds. The SMILES string of the molecule is CSCCC(N)C(=O)NC(CCSC)C(=O)NC(CCC(=O)O)C(=O)NC(Cc1c[nH]c2ccccc12)C(=O)O. The van der Waals surface area contributed by atoms with Gasteiger partial charge in [0.1, 0.15) is 18.1 Å². The number of hydrogen-bond acceptors (Lipinski definition) is 8. The van der Waals surface area contributed by atoms with Crippen molar-refractivity contribution >= 4 is 64.1 Å². The molecule has 0 aliphatic rings. The molecule has 2 rings (SSSR count). The number of nitrogens with two attached hydrogens (primary N) is 1. The summed E-state index contributed by atoms with van der Waals surface area (Å²) >= 11 is 2.99. The molecule has 0 saturated carbocycles. The van der Waals surface area contributed by atoms with Crippen LogP contribution in [0.3, 0.4) is 0 Å². The third kappa shape index (κ3) is 10.4. The lowest BCUT2D eigenvalue weighted by molar-refractivity contribution is -0.143. The molecule has 4 atom stereocenters. The molecule has 12 nitrogen and oxygen atoms in total. The van der Waals surface area contributed by atoms with Crippen LogP contribution in [0.1, 0.15) is 31.2 Å². The van der Waals surface area contributed by atoms with E-state index in [1.165, 1.54) is 23.5 Å². The first-order valence-electron chi connectivity index (χ1n) is 12.7. The molecule has 0 aliphatic heterocycles. The summed E-state index contributed by atoms with van der Waals surface area (Å²) in [5.74, 6) is -3.32. The van der Waals surface area contributed by atoms with E-state index in [1.54, 1.807) is 6.20 Å². The van der Waals surface area contributed by atoms with Gasteiger partial charge < -0.3 is 36.9 Å². The first-order valence-corrected chi connectivity index (χ1v) is 15.5. The number of amides is 3. The van der Waals surface area contributed by atoms with Gasteiger partial charge >= 0.3 is 11.9 Å². The number of H-pyrrole nitrogens is 1. The predicted octanol–water partition coefficient (Wildman–Crippen LogP) is 0.948. The fourth-order valence-corrected chi connectivity index (χ4v) is 4.92. The average molecular weight is 596 g/mol. The van der Waals surface area contributed by atoms with E-state index in [-0.39, 0.29) is 19.3 Å². The number of aliphatic carboxylic acids is 2. The first-order chi connectivity index (χ1) is 19.1. The van der Waals surface area contributed by atoms with Crippen LogP contribution < -0.4 is 21.7 Å². The number of carboxylic acid groups (broad SMARTS) is 2. The van der Waals surface area contributed by atoms with Crippen LogP contribution in [0, 0.1) is 0 Å². The highest BCUT2D eigenvalue weighted by Crippen LogP contribution is 2.19.